The fourth-order valence-electron chi connectivity index (χ4n) is 2.88. The minimum atomic E-state index is -4.34. The highest BCUT2D eigenvalue weighted by molar-refractivity contribution is 5.51. The first-order chi connectivity index (χ1) is 9.45. The average molecular weight is 286 g/mol. The maximum atomic E-state index is 12.8. The summed E-state index contributed by atoms with van der Waals surface area (Å²) >= 11 is 0. The molecule has 0 amide bonds. The summed E-state index contributed by atoms with van der Waals surface area (Å²) in [6, 6.07) is 1.48. The summed E-state index contributed by atoms with van der Waals surface area (Å²) < 4.78 is 38.3. The van der Waals surface area contributed by atoms with Gasteiger partial charge in [0.15, 0.2) is 0 Å². The lowest BCUT2D eigenvalue weighted by atomic mass is 10.1. The molecule has 0 radical (unpaired) electrons. The predicted octanol–water partition coefficient (Wildman–Crippen LogP) is 1.32. The van der Waals surface area contributed by atoms with Gasteiger partial charge in [-0.15, -0.1) is 0 Å². The molecule has 3 heterocycles. The summed E-state index contributed by atoms with van der Waals surface area (Å²) in [5, 5.41) is 3.23. The summed E-state index contributed by atoms with van der Waals surface area (Å²) in [5.41, 5.74) is -0.0440. The molecule has 1 N–H and O–H groups in total. The van der Waals surface area contributed by atoms with Crippen LogP contribution in [0.4, 0.5) is 19.0 Å². The predicted molar refractivity (Wildman–Crippen MR) is 69.6 cm³/mol. The highest BCUT2D eigenvalue weighted by Crippen LogP contribution is 2.33. The number of piperazine rings is 1. The van der Waals surface area contributed by atoms with Gasteiger partial charge in [0.05, 0.1) is 11.6 Å². The Hall–Kier alpha value is -1.34. The van der Waals surface area contributed by atoms with Gasteiger partial charge >= 0.3 is 6.18 Å². The highest BCUT2D eigenvalue weighted by Gasteiger charge is 2.34. The summed E-state index contributed by atoms with van der Waals surface area (Å²) in [7, 11) is 2.06. The molecule has 7 heteroatoms. The molecule has 0 saturated carbocycles. The Kier molecular flexibility index (Phi) is 3.33. The monoisotopic (exact) mass is 286 g/mol. The Morgan fingerprint density at radius 3 is 2.90 bits per heavy atom. The molecule has 0 aromatic carbocycles. The Morgan fingerprint density at radius 2 is 2.15 bits per heavy atom. The number of anilines is 1. The van der Waals surface area contributed by atoms with Crippen molar-refractivity contribution in [2.45, 2.75) is 18.8 Å². The van der Waals surface area contributed by atoms with Gasteiger partial charge < -0.3 is 15.1 Å². The average Bonchev–Trinajstić information content (AvgIpc) is 2.55. The van der Waals surface area contributed by atoms with E-state index in [-0.39, 0.29) is 6.04 Å². The summed E-state index contributed by atoms with van der Waals surface area (Å²) in [4.78, 5) is 8.47. The van der Waals surface area contributed by atoms with Crippen LogP contribution in [0.15, 0.2) is 12.3 Å². The smallest absolute Gasteiger partial charge is 0.350 e. The van der Waals surface area contributed by atoms with E-state index in [4.69, 9.17) is 0 Å². The third kappa shape index (κ3) is 2.47. The second-order valence-electron chi connectivity index (χ2n) is 5.44. The Labute approximate surface area is 115 Å². The van der Waals surface area contributed by atoms with E-state index >= 15 is 0 Å². The minimum Gasteiger partial charge on any atom is -0.350 e. The Balaban J connectivity index is 1.96. The van der Waals surface area contributed by atoms with E-state index < -0.39 is 11.7 Å². The lowest BCUT2D eigenvalue weighted by Crippen LogP contribution is -2.54. The summed E-state index contributed by atoms with van der Waals surface area (Å²) in [6.45, 7) is 3.80. The van der Waals surface area contributed by atoms with E-state index in [2.05, 4.69) is 27.1 Å². The standard InChI is InChI=1S/C13H17F3N4/c1-19-2-3-20-11(8-19)7-17-5-9-4-10(13(14,15)16)6-18-12(9)20/h4,6,11,17H,2-3,5,7-8H2,1H3. The van der Waals surface area contributed by atoms with Crippen LogP contribution < -0.4 is 10.2 Å². The first-order valence-corrected chi connectivity index (χ1v) is 6.67. The normalized spacial score (nSPS) is 24.0. The zero-order chi connectivity index (χ0) is 14.3. The molecular weight excluding hydrogens is 269 g/mol. The van der Waals surface area contributed by atoms with E-state index in [9.17, 15) is 13.2 Å². The van der Waals surface area contributed by atoms with Crippen molar-refractivity contribution in [3.63, 3.8) is 0 Å². The lowest BCUT2D eigenvalue weighted by Gasteiger charge is -2.40. The molecule has 1 aromatic rings. The molecule has 20 heavy (non-hydrogen) atoms. The third-order valence-electron chi connectivity index (χ3n) is 3.92. The summed E-state index contributed by atoms with van der Waals surface area (Å²) in [6.07, 6.45) is -3.39. The van der Waals surface area contributed by atoms with Crippen LogP contribution in [-0.4, -0.2) is 49.2 Å². The second-order valence-corrected chi connectivity index (χ2v) is 5.44. The van der Waals surface area contributed by atoms with E-state index in [0.717, 1.165) is 32.4 Å². The molecule has 110 valence electrons. The molecule has 3 rings (SSSR count). The molecule has 1 aromatic heterocycles. The van der Waals surface area contributed by atoms with E-state index in [1.54, 1.807) is 0 Å². The van der Waals surface area contributed by atoms with Crippen molar-refractivity contribution in [3.8, 4) is 0 Å². The lowest BCUT2D eigenvalue weighted by molar-refractivity contribution is -0.137. The number of halogens is 3. The highest BCUT2D eigenvalue weighted by atomic mass is 19.4. The zero-order valence-electron chi connectivity index (χ0n) is 11.2. The van der Waals surface area contributed by atoms with Crippen LogP contribution in [0.1, 0.15) is 11.1 Å². The van der Waals surface area contributed by atoms with Gasteiger partial charge in [0.25, 0.3) is 0 Å². The molecule has 2 aliphatic rings. The second kappa shape index (κ2) is 4.89. The van der Waals surface area contributed by atoms with Crippen molar-refractivity contribution in [2.75, 3.05) is 38.1 Å². The van der Waals surface area contributed by atoms with Crippen LogP contribution in [0.25, 0.3) is 0 Å². The number of nitrogens with one attached hydrogen (secondary N) is 1. The van der Waals surface area contributed by atoms with Gasteiger partial charge in [0, 0.05) is 44.5 Å². The Bertz CT molecular complexity index is 503. The molecule has 0 aliphatic carbocycles. The number of likely N-dealkylation sites (N-methyl/N-ethyl adjacent to an activating group) is 1. The molecule has 0 bridgehead atoms. The van der Waals surface area contributed by atoms with E-state index in [0.29, 0.717) is 17.9 Å². The van der Waals surface area contributed by atoms with Crippen LogP contribution in [0.5, 0.6) is 0 Å². The molecule has 1 saturated heterocycles. The van der Waals surface area contributed by atoms with Crippen molar-refractivity contribution in [1.29, 1.82) is 0 Å². The van der Waals surface area contributed by atoms with Crippen molar-refractivity contribution < 1.29 is 13.2 Å². The third-order valence-corrected chi connectivity index (χ3v) is 3.92. The van der Waals surface area contributed by atoms with Crippen LogP contribution in [0.2, 0.25) is 0 Å². The van der Waals surface area contributed by atoms with Gasteiger partial charge in [-0.1, -0.05) is 0 Å². The number of aromatic nitrogens is 1. The fraction of sp³-hybridized carbons (Fsp3) is 0.615. The van der Waals surface area contributed by atoms with Gasteiger partial charge in [0.1, 0.15) is 5.82 Å². The number of fused-ring (bicyclic) bond motifs is 3. The van der Waals surface area contributed by atoms with Gasteiger partial charge in [-0.3, -0.25) is 0 Å². The van der Waals surface area contributed by atoms with Crippen molar-refractivity contribution in [2.24, 2.45) is 0 Å². The first kappa shape index (κ1) is 13.6. The van der Waals surface area contributed by atoms with Crippen LogP contribution in [0.3, 0.4) is 0 Å². The largest absolute Gasteiger partial charge is 0.417 e. The number of pyridine rings is 1. The van der Waals surface area contributed by atoms with Gasteiger partial charge in [-0.2, -0.15) is 13.2 Å². The number of hydrogen-bond donors (Lipinski definition) is 1. The van der Waals surface area contributed by atoms with Gasteiger partial charge in [0.2, 0.25) is 0 Å². The topological polar surface area (TPSA) is 31.4 Å². The van der Waals surface area contributed by atoms with E-state index in [1.807, 2.05) is 0 Å². The molecule has 4 nitrogen and oxygen atoms in total. The number of rotatable bonds is 0. The Morgan fingerprint density at radius 1 is 1.35 bits per heavy atom. The van der Waals surface area contributed by atoms with Crippen molar-refractivity contribution >= 4 is 5.82 Å². The van der Waals surface area contributed by atoms with Crippen LogP contribution in [0, 0.1) is 0 Å². The number of nitrogens with zero attached hydrogens (tertiary/aromatic N) is 3. The minimum absolute atomic E-state index is 0.263. The van der Waals surface area contributed by atoms with Gasteiger partial charge in [-0.25, -0.2) is 4.98 Å². The first-order valence-electron chi connectivity index (χ1n) is 6.67. The summed E-state index contributed by atoms with van der Waals surface area (Å²) in [5.74, 6) is 0.695. The van der Waals surface area contributed by atoms with Crippen molar-refractivity contribution in [3.05, 3.63) is 23.4 Å². The zero-order valence-corrected chi connectivity index (χ0v) is 11.2. The molecule has 2 aliphatic heterocycles. The van der Waals surface area contributed by atoms with Crippen LogP contribution >= 0.6 is 0 Å². The maximum Gasteiger partial charge on any atom is 0.417 e. The number of alkyl halides is 3. The molecular formula is C13H17F3N4. The van der Waals surface area contributed by atoms with Crippen molar-refractivity contribution in [1.82, 2.24) is 15.2 Å². The van der Waals surface area contributed by atoms with E-state index in [1.165, 1.54) is 6.07 Å². The quantitative estimate of drug-likeness (QED) is 0.779. The molecule has 0 spiro atoms. The fourth-order valence-corrected chi connectivity index (χ4v) is 2.88. The molecule has 1 fully saturated rings. The number of hydrogen-bond acceptors (Lipinski definition) is 4. The SMILES string of the molecule is CN1CCN2c3ncc(C(F)(F)F)cc3CNCC2C1. The molecule has 1 unspecified atom stereocenters. The van der Waals surface area contributed by atoms with Crippen LogP contribution in [-0.2, 0) is 12.7 Å². The maximum absolute atomic E-state index is 12.8. The molecule has 1 atom stereocenters. The van der Waals surface area contributed by atoms with Gasteiger partial charge in [-0.05, 0) is 13.1 Å².